The Hall–Kier alpha value is -1.55. The number of benzene rings is 1. The zero-order valence-electron chi connectivity index (χ0n) is 10.6. The van der Waals surface area contributed by atoms with Crippen LogP contribution in [0.4, 0.5) is 5.95 Å². The third-order valence-electron chi connectivity index (χ3n) is 4.47. The van der Waals surface area contributed by atoms with Crippen LogP contribution < -0.4 is 10.2 Å². The molecule has 94 valence electrons. The van der Waals surface area contributed by atoms with Gasteiger partial charge in [0.15, 0.2) is 0 Å². The van der Waals surface area contributed by atoms with E-state index in [2.05, 4.69) is 46.1 Å². The molecule has 0 unspecified atom stereocenters. The predicted molar refractivity (Wildman–Crippen MR) is 72.8 cm³/mol. The van der Waals surface area contributed by atoms with E-state index in [-0.39, 0.29) is 0 Å². The van der Waals surface area contributed by atoms with E-state index in [1.54, 1.807) is 0 Å². The van der Waals surface area contributed by atoms with Crippen LogP contribution in [0.5, 0.6) is 0 Å². The first-order valence-electron chi connectivity index (χ1n) is 6.73. The zero-order chi connectivity index (χ0) is 12.1. The van der Waals surface area contributed by atoms with E-state index in [1.807, 2.05) is 0 Å². The van der Waals surface area contributed by atoms with Gasteiger partial charge in [0.25, 0.3) is 0 Å². The molecule has 1 aromatic heterocycles. The molecule has 2 saturated heterocycles. The molecule has 18 heavy (non-hydrogen) atoms. The Morgan fingerprint density at radius 2 is 2.17 bits per heavy atom. The molecule has 2 aliphatic heterocycles. The quantitative estimate of drug-likeness (QED) is 0.820. The number of anilines is 1. The van der Waals surface area contributed by atoms with Gasteiger partial charge < -0.3 is 14.8 Å². The van der Waals surface area contributed by atoms with Crippen LogP contribution in [-0.2, 0) is 7.05 Å². The van der Waals surface area contributed by atoms with Crippen molar-refractivity contribution in [1.82, 2.24) is 14.9 Å². The topological polar surface area (TPSA) is 33.1 Å². The zero-order valence-corrected chi connectivity index (χ0v) is 10.6. The summed E-state index contributed by atoms with van der Waals surface area (Å²) in [6.45, 7) is 3.42. The molecule has 0 amide bonds. The summed E-state index contributed by atoms with van der Waals surface area (Å²) in [5, 5.41) is 3.50. The fraction of sp³-hybridized carbons (Fsp3) is 0.500. The summed E-state index contributed by atoms with van der Waals surface area (Å²) in [7, 11) is 2.13. The Labute approximate surface area is 107 Å². The van der Waals surface area contributed by atoms with Crippen molar-refractivity contribution in [1.29, 1.82) is 0 Å². The molecule has 2 fully saturated rings. The summed E-state index contributed by atoms with van der Waals surface area (Å²) < 4.78 is 2.23. The van der Waals surface area contributed by atoms with Crippen molar-refractivity contribution >= 4 is 17.0 Å². The number of nitrogens with one attached hydrogen (secondary N) is 1. The normalized spacial score (nSPS) is 27.1. The van der Waals surface area contributed by atoms with Crippen molar-refractivity contribution in [2.75, 3.05) is 24.5 Å². The van der Waals surface area contributed by atoms with Crippen LogP contribution >= 0.6 is 0 Å². The lowest BCUT2D eigenvalue weighted by molar-refractivity contribution is 0.574. The Balaban J connectivity index is 1.80. The fourth-order valence-corrected chi connectivity index (χ4v) is 3.49. The number of aryl methyl sites for hydroxylation is 1. The minimum Gasteiger partial charge on any atom is -0.338 e. The van der Waals surface area contributed by atoms with E-state index in [4.69, 9.17) is 4.98 Å². The molecule has 1 aromatic carbocycles. The molecule has 2 aromatic rings. The highest BCUT2D eigenvalue weighted by molar-refractivity contribution is 5.78. The van der Waals surface area contributed by atoms with Crippen molar-refractivity contribution in [3.8, 4) is 0 Å². The van der Waals surface area contributed by atoms with Gasteiger partial charge in [-0.1, -0.05) is 12.1 Å². The molecule has 0 saturated carbocycles. The lowest BCUT2D eigenvalue weighted by atomic mass is 10.1. The molecule has 0 aliphatic carbocycles. The molecule has 1 N–H and O–H groups in total. The smallest absolute Gasteiger partial charge is 0.206 e. The van der Waals surface area contributed by atoms with E-state index < -0.39 is 0 Å². The molecule has 4 rings (SSSR count). The number of aromatic nitrogens is 2. The van der Waals surface area contributed by atoms with Crippen molar-refractivity contribution in [2.45, 2.75) is 12.5 Å². The van der Waals surface area contributed by atoms with Crippen LogP contribution in [0, 0.1) is 5.92 Å². The highest BCUT2D eigenvalue weighted by Crippen LogP contribution is 2.32. The molecular weight excluding hydrogens is 224 g/mol. The van der Waals surface area contributed by atoms with Gasteiger partial charge in [0.05, 0.1) is 11.0 Å². The minimum absolute atomic E-state index is 0.639. The first-order chi connectivity index (χ1) is 8.84. The Morgan fingerprint density at radius 1 is 1.28 bits per heavy atom. The molecule has 4 nitrogen and oxygen atoms in total. The first-order valence-corrected chi connectivity index (χ1v) is 6.73. The van der Waals surface area contributed by atoms with Crippen LogP contribution in [0.3, 0.4) is 0 Å². The number of hydrogen-bond acceptors (Lipinski definition) is 3. The van der Waals surface area contributed by atoms with Crippen molar-refractivity contribution in [3.63, 3.8) is 0 Å². The monoisotopic (exact) mass is 242 g/mol. The summed E-state index contributed by atoms with van der Waals surface area (Å²) in [4.78, 5) is 7.31. The van der Waals surface area contributed by atoms with E-state index in [1.165, 1.54) is 18.5 Å². The van der Waals surface area contributed by atoms with Crippen LogP contribution in [0.25, 0.3) is 11.0 Å². The lowest BCUT2D eigenvalue weighted by Gasteiger charge is -2.24. The maximum atomic E-state index is 4.82. The third-order valence-corrected chi connectivity index (χ3v) is 4.47. The Bertz CT molecular complexity index is 588. The summed E-state index contributed by atoms with van der Waals surface area (Å²) >= 11 is 0. The average molecular weight is 242 g/mol. The van der Waals surface area contributed by atoms with E-state index >= 15 is 0 Å². The second-order valence-electron chi connectivity index (χ2n) is 5.43. The number of para-hydroxylation sites is 2. The number of rotatable bonds is 1. The molecule has 3 heterocycles. The SMILES string of the molecule is Cn1c(N2CC[C@H]3CNC[C@H]32)nc2ccccc21. The van der Waals surface area contributed by atoms with Crippen LogP contribution in [0.15, 0.2) is 24.3 Å². The van der Waals surface area contributed by atoms with E-state index in [0.717, 1.165) is 30.5 Å². The number of fused-ring (bicyclic) bond motifs is 2. The van der Waals surface area contributed by atoms with E-state index in [9.17, 15) is 0 Å². The number of imidazole rings is 1. The maximum Gasteiger partial charge on any atom is 0.206 e. The third kappa shape index (κ3) is 1.32. The van der Waals surface area contributed by atoms with Crippen LogP contribution in [0.2, 0.25) is 0 Å². The van der Waals surface area contributed by atoms with Crippen LogP contribution in [0.1, 0.15) is 6.42 Å². The average Bonchev–Trinajstić information content (AvgIpc) is 3.04. The summed E-state index contributed by atoms with van der Waals surface area (Å²) in [6, 6.07) is 9.02. The molecule has 2 atom stereocenters. The van der Waals surface area contributed by atoms with Crippen molar-refractivity contribution < 1.29 is 0 Å². The van der Waals surface area contributed by atoms with Gasteiger partial charge >= 0.3 is 0 Å². The largest absolute Gasteiger partial charge is 0.338 e. The van der Waals surface area contributed by atoms with Gasteiger partial charge in [-0.3, -0.25) is 0 Å². The number of nitrogens with zero attached hydrogens (tertiary/aromatic N) is 3. The highest BCUT2D eigenvalue weighted by atomic mass is 15.4. The summed E-state index contributed by atoms with van der Waals surface area (Å²) in [5.41, 5.74) is 2.33. The summed E-state index contributed by atoms with van der Waals surface area (Å²) in [6.07, 6.45) is 1.29. The number of hydrogen-bond donors (Lipinski definition) is 1. The summed E-state index contributed by atoms with van der Waals surface area (Å²) in [5.74, 6) is 1.94. The molecule has 2 aliphatic rings. The van der Waals surface area contributed by atoms with Gasteiger partial charge in [-0.15, -0.1) is 0 Å². The van der Waals surface area contributed by atoms with Gasteiger partial charge in [0, 0.05) is 32.7 Å². The Kier molecular flexibility index (Phi) is 2.14. The lowest BCUT2D eigenvalue weighted by Crippen LogP contribution is -2.35. The first kappa shape index (κ1) is 10.4. The molecular formula is C14H18N4. The van der Waals surface area contributed by atoms with Crippen molar-refractivity contribution in [2.24, 2.45) is 13.0 Å². The Morgan fingerprint density at radius 3 is 3.06 bits per heavy atom. The van der Waals surface area contributed by atoms with E-state index in [0.29, 0.717) is 6.04 Å². The van der Waals surface area contributed by atoms with Gasteiger partial charge in [-0.2, -0.15) is 0 Å². The standard InChI is InChI=1S/C14H18N4/c1-17-12-5-3-2-4-11(12)16-14(17)18-7-6-10-8-15-9-13(10)18/h2-5,10,13,15H,6-9H2,1H3/t10-,13+/m0/s1. The molecule has 0 radical (unpaired) electrons. The second-order valence-corrected chi connectivity index (χ2v) is 5.43. The van der Waals surface area contributed by atoms with Gasteiger partial charge in [0.2, 0.25) is 5.95 Å². The highest BCUT2D eigenvalue weighted by Gasteiger charge is 2.39. The fourth-order valence-electron chi connectivity index (χ4n) is 3.49. The van der Waals surface area contributed by atoms with Gasteiger partial charge in [-0.25, -0.2) is 4.98 Å². The predicted octanol–water partition coefficient (Wildman–Crippen LogP) is 1.37. The second kappa shape index (κ2) is 3.72. The molecule has 4 heteroatoms. The van der Waals surface area contributed by atoms with Gasteiger partial charge in [0.1, 0.15) is 0 Å². The minimum atomic E-state index is 0.639. The molecule has 0 bridgehead atoms. The van der Waals surface area contributed by atoms with Crippen LogP contribution in [-0.4, -0.2) is 35.2 Å². The maximum absolute atomic E-state index is 4.82. The molecule has 0 spiro atoms. The van der Waals surface area contributed by atoms with Crippen molar-refractivity contribution in [3.05, 3.63) is 24.3 Å². The van der Waals surface area contributed by atoms with Gasteiger partial charge in [-0.05, 0) is 24.5 Å².